The van der Waals surface area contributed by atoms with Crippen LogP contribution in [0.25, 0.3) is 0 Å². The second kappa shape index (κ2) is 4.13. The summed E-state index contributed by atoms with van der Waals surface area (Å²) in [7, 11) is 0. The maximum Gasteiger partial charge on any atom is 0.0707 e. The van der Waals surface area contributed by atoms with E-state index in [0.29, 0.717) is 0 Å². The molecule has 0 heterocycles. The van der Waals surface area contributed by atoms with Gasteiger partial charge in [0.25, 0.3) is 0 Å². The molecule has 0 amide bonds. The minimum Gasteiger partial charge on any atom is -0.389 e. The Hall–Kier alpha value is -0.820. The molecule has 1 N–H and O–H groups in total. The van der Waals surface area contributed by atoms with Gasteiger partial charge in [-0.2, -0.15) is 0 Å². The summed E-state index contributed by atoms with van der Waals surface area (Å²) in [6.07, 6.45) is 4.46. The van der Waals surface area contributed by atoms with Gasteiger partial charge in [-0.15, -0.1) is 0 Å². The van der Waals surface area contributed by atoms with E-state index in [1.165, 1.54) is 36.0 Å². The van der Waals surface area contributed by atoms with Gasteiger partial charge >= 0.3 is 0 Å². The number of benzene rings is 1. The molecule has 0 spiro atoms. The fraction of sp³-hybridized carbons (Fsp3) is 0.625. The third-order valence-electron chi connectivity index (χ3n) is 4.33. The topological polar surface area (TPSA) is 20.2 Å². The zero-order valence-electron chi connectivity index (χ0n) is 11.5. The van der Waals surface area contributed by atoms with Gasteiger partial charge in [0.2, 0.25) is 0 Å². The van der Waals surface area contributed by atoms with Crippen LogP contribution in [0.3, 0.4) is 0 Å². The first-order valence-electron chi connectivity index (χ1n) is 6.63. The number of hydrogen-bond donors (Lipinski definition) is 1. The second-order valence-corrected chi connectivity index (χ2v) is 6.66. The number of rotatable bonds is 2. The van der Waals surface area contributed by atoms with Crippen LogP contribution in [-0.4, -0.2) is 10.7 Å². The summed E-state index contributed by atoms with van der Waals surface area (Å²) in [5, 5.41) is 10.6. The molecule has 1 unspecified atom stereocenters. The molecule has 1 nitrogen and oxygen atoms in total. The first kappa shape index (κ1) is 12.6. The smallest absolute Gasteiger partial charge is 0.0707 e. The highest BCUT2D eigenvalue weighted by molar-refractivity contribution is 5.35. The van der Waals surface area contributed by atoms with Gasteiger partial charge in [-0.05, 0) is 48.3 Å². The summed E-state index contributed by atoms with van der Waals surface area (Å²) in [5.41, 5.74) is 3.52. The van der Waals surface area contributed by atoms with Crippen molar-refractivity contribution in [3.05, 3.63) is 34.9 Å². The van der Waals surface area contributed by atoms with Crippen LogP contribution >= 0.6 is 0 Å². The van der Waals surface area contributed by atoms with E-state index in [2.05, 4.69) is 39.0 Å². The maximum atomic E-state index is 10.6. The fourth-order valence-corrected chi connectivity index (χ4v) is 2.40. The summed E-state index contributed by atoms with van der Waals surface area (Å²) in [6, 6.07) is 6.73. The van der Waals surface area contributed by atoms with Crippen LogP contribution in [0.4, 0.5) is 0 Å². The average Bonchev–Trinajstić information content (AvgIpc) is 2.62. The van der Waals surface area contributed by atoms with Crippen LogP contribution in [0, 0.1) is 5.41 Å². The Kier molecular flexibility index (Phi) is 3.07. The summed E-state index contributed by atoms with van der Waals surface area (Å²) < 4.78 is 0. The molecule has 0 bridgehead atoms. The van der Waals surface area contributed by atoms with E-state index in [1.54, 1.807) is 0 Å². The highest BCUT2D eigenvalue weighted by Crippen LogP contribution is 2.34. The summed E-state index contributed by atoms with van der Waals surface area (Å²) in [6.45, 7) is 8.24. The van der Waals surface area contributed by atoms with Gasteiger partial charge in [-0.1, -0.05) is 39.0 Å². The lowest BCUT2D eigenvalue weighted by molar-refractivity contribution is -0.0405. The molecular weight excluding hydrogens is 208 g/mol. The van der Waals surface area contributed by atoms with E-state index in [4.69, 9.17) is 0 Å². The molecule has 0 aromatic heterocycles. The van der Waals surface area contributed by atoms with Crippen LogP contribution in [0.1, 0.15) is 50.8 Å². The van der Waals surface area contributed by atoms with Gasteiger partial charge < -0.3 is 5.11 Å². The van der Waals surface area contributed by atoms with E-state index >= 15 is 0 Å². The molecule has 1 atom stereocenters. The van der Waals surface area contributed by atoms with E-state index in [1.807, 2.05) is 6.92 Å². The Bertz CT molecular complexity index is 410. The largest absolute Gasteiger partial charge is 0.389 e. The first-order valence-corrected chi connectivity index (χ1v) is 6.63. The van der Waals surface area contributed by atoms with Crippen molar-refractivity contribution in [1.82, 2.24) is 0 Å². The summed E-state index contributed by atoms with van der Waals surface area (Å²) in [4.78, 5) is 0. The van der Waals surface area contributed by atoms with Gasteiger partial charge in [0.05, 0.1) is 5.60 Å². The highest BCUT2D eigenvalue weighted by Gasteiger charge is 2.35. The van der Waals surface area contributed by atoms with Crippen molar-refractivity contribution in [2.45, 2.75) is 59.0 Å². The summed E-state index contributed by atoms with van der Waals surface area (Å²) >= 11 is 0. The number of aliphatic hydroxyl groups is 1. The predicted octanol–water partition coefficient (Wildman–Crippen LogP) is 3.51. The standard InChI is InChI=1S/C16H24O/c1-15(2,3)16(4,17)11-12-8-9-13-6-5-7-14(13)10-12/h8-10,17H,5-7,11H2,1-4H3. The molecule has 0 saturated heterocycles. The zero-order chi connectivity index (χ0) is 12.7. The lowest BCUT2D eigenvalue weighted by Gasteiger charge is -2.37. The van der Waals surface area contributed by atoms with Crippen molar-refractivity contribution in [1.29, 1.82) is 0 Å². The maximum absolute atomic E-state index is 10.6. The fourth-order valence-electron chi connectivity index (χ4n) is 2.40. The number of hydrogen-bond acceptors (Lipinski definition) is 1. The van der Waals surface area contributed by atoms with Crippen LogP contribution < -0.4 is 0 Å². The van der Waals surface area contributed by atoms with Crippen molar-refractivity contribution in [3.63, 3.8) is 0 Å². The Balaban J connectivity index is 2.20. The molecular formula is C16H24O. The molecule has 1 aliphatic rings. The molecule has 0 saturated carbocycles. The van der Waals surface area contributed by atoms with Gasteiger partial charge in [0.15, 0.2) is 0 Å². The van der Waals surface area contributed by atoms with E-state index in [0.717, 1.165) is 6.42 Å². The minimum absolute atomic E-state index is 0.0913. The molecule has 17 heavy (non-hydrogen) atoms. The van der Waals surface area contributed by atoms with Gasteiger partial charge in [-0.25, -0.2) is 0 Å². The average molecular weight is 232 g/mol. The second-order valence-electron chi connectivity index (χ2n) is 6.66. The number of aryl methyl sites for hydroxylation is 2. The minimum atomic E-state index is -0.653. The first-order chi connectivity index (χ1) is 7.79. The van der Waals surface area contributed by atoms with E-state index < -0.39 is 5.60 Å². The Morgan fingerprint density at radius 2 is 1.71 bits per heavy atom. The molecule has 1 heteroatoms. The lowest BCUT2D eigenvalue weighted by Crippen LogP contribution is -2.41. The van der Waals surface area contributed by atoms with Crippen LogP contribution in [-0.2, 0) is 19.3 Å². The predicted molar refractivity (Wildman–Crippen MR) is 72.2 cm³/mol. The summed E-state index contributed by atoms with van der Waals surface area (Å²) in [5.74, 6) is 0. The third kappa shape index (κ3) is 2.55. The molecule has 94 valence electrons. The van der Waals surface area contributed by atoms with Crippen molar-refractivity contribution in [3.8, 4) is 0 Å². The Labute approximate surface area is 105 Å². The van der Waals surface area contributed by atoms with Crippen LogP contribution in [0.15, 0.2) is 18.2 Å². The van der Waals surface area contributed by atoms with Gasteiger partial charge in [0, 0.05) is 6.42 Å². The molecule has 0 aliphatic heterocycles. The molecule has 2 rings (SSSR count). The zero-order valence-corrected chi connectivity index (χ0v) is 11.5. The monoisotopic (exact) mass is 232 g/mol. The third-order valence-corrected chi connectivity index (χ3v) is 4.33. The van der Waals surface area contributed by atoms with E-state index in [-0.39, 0.29) is 5.41 Å². The number of fused-ring (bicyclic) bond motifs is 1. The Morgan fingerprint density at radius 3 is 2.35 bits per heavy atom. The normalized spacial score (nSPS) is 18.9. The quantitative estimate of drug-likeness (QED) is 0.827. The highest BCUT2D eigenvalue weighted by atomic mass is 16.3. The van der Waals surface area contributed by atoms with Crippen LogP contribution in [0.2, 0.25) is 0 Å². The van der Waals surface area contributed by atoms with E-state index in [9.17, 15) is 5.11 Å². The van der Waals surface area contributed by atoms with Gasteiger partial charge in [0.1, 0.15) is 0 Å². The molecule has 1 aliphatic carbocycles. The van der Waals surface area contributed by atoms with Crippen molar-refractivity contribution in [2.75, 3.05) is 0 Å². The van der Waals surface area contributed by atoms with Crippen molar-refractivity contribution >= 4 is 0 Å². The van der Waals surface area contributed by atoms with Crippen molar-refractivity contribution in [2.24, 2.45) is 5.41 Å². The molecule has 1 aromatic rings. The molecule has 0 radical (unpaired) electrons. The lowest BCUT2D eigenvalue weighted by atomic mass is 9.74. The van der Waals surface area contributed by atoms with Gasteiger partial charge in [-0.3, -0.25) is 0 Å². The molecule has 0 fully saturated rings. The Morgan fingerprint density at radius 1 is 1.06 bits per heavy atom. The van der Waals surface area contributed by atoms with Crippen molar-refractivity contribution < 1.29 is 5.11 Å². The van der Waals surface area contributed by atoms with Crippen LogP contribution in [0.5, 0.6) is 0 Å². The SMILES string of the molecule is CC(C)(C)C(C)(O)Cc1ccc2c(c1)CCC2. The molecule has 1 aromatic carbocycles.